The maximum atomic E-state index is 11.4. The second-order valence-electron chi connectivity index (χ2n) is 10.2. The monoisotopic (exact) mass is 543 g/mol. The Labute approximate surface area is 237 Å². The van der Waals surface area contributed by atoms with Crippen molar-refractivity contribution >= 4 is 29.3 Å². The van der Waals surface area contributed by atoms with Gasteiger partial charge in [0.15, 0.2) is 6.29 Å². The van der Waals surface area contributed by atoms with Crippen molar-refractivity contribution in [1.82, 2.24) is 14.5 Å². The van der Waals surface area contributed by atoms with Gasteiger partial charge in [-0.1, -0.05) is 54.6 Å². The first-order chi connectivity index (χ1) is 20.0. The Balaban J connectivity index is 1.22. The third-order valence-corrected chi connectivity index (χ3v) is 7.67. The molecule has 0 aliphatic carbocycles. The predicted molar refractivity (Wildman–Crippen MR) is 160 cm³/mol. The van der Waals surface area contributed by atoms with E-state index in [1.54, 1.807) is 24.4 Å². The summed E-state index contributed by atoms with van der Waals surface area (Å²) in [5.74, 6) is 0.0149. The van der Waals surface area contributed by atoms with Crippen LogP contribution in [0.5, 0.6) is 5.75 Å². The number of rotatable bonds is 7. The number of anilines is 1. The fourth-order valence-electron chi connectivity index (χ4n) is 5.37. The number of carbonyl (C=O) groups is 2. The molecule has 1 aliphatic rings. The van der Waals surface area contributed by atoms with Crippen molar-refractivity contribution in [3.8, 4) is 28.1 Å². The van der Waals surface area contributed by atoms with Crippen molar-refractivity contribution in [3.05, 3.63) is 108 Å². The molecule has 1 aliphatic heterocycles. The standard InChI is InChI=1S/C33H29N5O3/c34-33-29-19-28(24-4-2-1-3-5-24)32(35-30(29)12-13-38(33)22-40)25-8-6-23(7-9-25)20-36-14-16-37(17-15-36)27-11-10-26(21-39)31(41)18-27/h1-13,18-19,21-22,34,41H,14-17,20H2. The van der Waals surface area contributed by atoms with Crippen molar-refractivity contribution in [1.29, 1.82) is 5.41 Å². The number of benzene rings is 3. The van der Waals surface area contributed by atoms with Crippen LogP contribution in [-0.4, -0.2) is 58.4 Å². The molecule has 0 amide bonds. The third kappa shape index (κ3) is 5.25. The second kappa shape index (κ2) is 11.2. The minimum atomic E-state index is 0.0149. The second-order valence-corrected chi connectivity index (χ2v) is 10.2. The molecule has 0 atom stereocenters. The number of aromatic nitrogens is 2. The summed E-state index contributed by atoms with van der Waals surface area (Å²) >= 11 is 0. The van der Waals surface area contributed by atoms with Crippen molar-refractivity contribution < 1.29 is 14.7 Å². The smallest absolute Gasteiger partial charge is 0.219 e. The van der Waals surface area contributed by atoms with E-state index in [1.807, 2.05) is 42.5 Å². The van der Waals surface area contributed by atoms with Gasteiger partial charge in [0.25, 0.3) is 0 Å². The molecule has 41 heavy (non-hydrogen) atoms. The minimum absolute atomic E-state index is 0.0149. The maximum absolute atomic E-state index is 11.4. The van der Waals surface area contributed by atoms with Crippen LogP contribution < -0.4 is 10.4 Å². The zero-order chi connectivity index (χ0) is 28.3. The molecular weight excluding hydrogens is 514 g/mol. The van der Waals surface area contributed by atoms with E-state index in [-0.39, 0.29) is 11.2 Å². The van der Waals surface area contributed by atoms with Crippen LogP contribution in [0.2, 0.25) is 0 Å². The molecule has 8 nitrogen and oxygen atoms in total. The van der Waals surface area contributed by atoms with E-state index in [0.29, 0.717) is 29.2 Å². The first-order valence-corrected chi connectivity index (χ1v) is 13.5. The fraction of sp³-hybridized carbons (Fsp3) is 0.152. The summed E-state index contributed by atoms with van der Waals surface area (Å²) in [6.45, 7) is 4.27. The average Bonchev–Trinajstić information content (AvgIpc) is 3.02. The lowest BCUT2D eigenvalue weighted by Crippen LogP contribution is -2.45. The lowest BCUT2D eigenvalue weighted by molar-refractivity contribution is 0.112. The largest absolute Gasteiger partial charge is 0.507 e. The molecule has 0 bridgehead atoms. The Morgan fingerprint density at radius 1 is 0.854 bits per heavy atom. The highest BCUT2D eigenvalue weighted by atomic mass is 16.3. The number of phenols is 1. The molecule has 3 aromatic carbocycles. The summed E-state index contributed by atoms with van der Waals surface area (Å²) < 4.78 is 1.25. The number of nitrogens with one attached hydrogen (secondary N) is 1. The molecule has 0 saturated carbocycles. The highest BCUT2D eigenvalue weighted by molar-refractivity contribution is 5.91. The highest BCUT2D eigenvalue weighted by Gasteiger charge is 2.19. The van der Waals surface area contributed by atoms with E-state index < -0.39 is 0 Å². The first-order valence-electron chi connectivity index (χ1n) is 13.5. The number of aldehydes is 1. The molecule has 0 radical (unpaired) electrons. The highest BCUT2D eigenvalue weighted by Crippen LogP contribution is 2.33. The normalized spacial score (nSPS) is 13.8. The van der Waals surface area contributed by atoms with Crippen LogP contribution in [0.4, 0.5) is 5.69 Å². The van der Waals surface area contributed by atoms with Crippen LogP contribution in [0.25, 0.3) is 33.3 Å². The number of fused-ring (bicyclic) bond motifs is 1. The number of hydrogen-bond donors (Lipinski definition) is 2. The maximum Gasteiger partial charge on any atom is 0.219 e. The van der Waals surface area contributed by atoms with E-state index in [9.17, 15) is 14.7 Å². The number of nitrogens with zero attached hydrogens (tertiary/aromatic N) is 4. The van der Waals surface area contributed by atoms with Crippen molar-refractivity contribution in [2.45, 2.75) is 6.54 Å². The summed E-state index contributed by atoms with van der Waals surface area (Å²) in [6.07, 6.45) is 2.87. The van der Waals surface area contributed by atoms with Gasteiger partial charge >= 0.3 is 0 Å². The molecule has 0 unspecified atom stereocenters. The number of carbonyl (C=O) groups excluding carboxylic acids is 2. The van der Waals surface area contributed by atoms with Crippen molar-refractivity contribution in [2.24, 2.45) is 0 Å². The van der Waals surface area contributed by atoms with Crippen LogP contribution in [0.15, 0.2) is 91.1 Å². The fourth-order valence-corrected chi connectivity index (χ4v) is 5.37. The molecule has 5 aromatic rings. The van der Waals surface area contributed by atoms with E-state index >= 15 is 0 Å². The zero-order valence-electron chi connectivity index (χ0n) is 22.4. The van der Waals surface area contributed by atoms with Crippen molar-refractivity contribution in [3.63, 3.8) is 0 Å². The molecule has 8 heteroatoms. The SMILES string of the molecule is N=c1c2cc(-c3ccccc3)c(-c3ccc(CN4CCN(c5ccc(C=O)c(O)c5)CC4)cc3)nc2ccn1C=O. The molecule has 2 aromatic heterocycles. The lowest BCUT2D eigenvalue weighted by Gasteiger charge is -2.36. The lowest BCUT2D eigenvalue weighted by atomic mass is 9.97. The van der Waals surface area contributed by atoms with Gasteiger partial charge in [0.05, 0.1) is 16.8 Å². The van der Waals surface area contributed by atoms with Crippen molar-refractivity contribution in [2.75, 3.05) is 31.1 Å². The van der Waals surface area contributed by atoms with Crippen LogP contribution in [0, 0.1) is 5.41 Å². The molecule has 2 N–H and O–H groups in total. The van der Waals surface area contributed by atoms with E-state index in [2.05, 4.69) is 34.1 Å². The number of phenolic OH excluding ortho intramolecular Hbond substituents is 1. The quantitative estimate of drug-likeness (QED) is 0.288. The van der Waals surface area contributed by atoms with Crippen LogP contribution in [-0.2, 0) is 11.3 Å². The number of pyridine rings is 2. The topological polar surface area (TPSA) is 103 Å². The average molecular weight is 544 g/mol. The van der Waals surface area contributed by atoms with Crippen LogP contribution in [0.1, 0.15) is 15.9 Å². The molecule has 6 rings (SSSR count). The summed E-state index contributed by atoms with van der Waals surface area (Å²) in [7, 11) is 0. The van der Waals surface area contributed by atoms with Gasteiger partial charge in [-0.2, -0.15) is 0 Å². The van der Waals surface area contributed by atoms with Gasteiger partial charge in [-0.15, -0.1) is 0 Å². The summed E-state index contributed by atoms with van der Waals surface area (Å²) in [4.78, 5) is 32.0. The predicted octanol–water partition coefficient (Wildman–Crippen LogP) is 4.73. The van der Waals surface area contributed by atoms with Gasteiger partial charge in [0, 0.05) is 67.2 Å². The number of piperazine rings is 1. The number of aromatic hydroxyl groups is 1. The Morgan fingerprint density at radius 3 is 2.29 bits per heavy atom. The van der Waals surface area contributed by atoms with Gasteiger partial charge < -0.3 is 10.0 Å². The van der Waals surface area contributed by atoms with Gasteiger partial charge in [-0.25, -0.2) is 4.98 Å². The Hall–Kier alpha value is -5.08. The minimum Gasteiger partial charge on any atom is -0.507 e. The van der Waals surface area contributed by atoms with E-state index in [1.165, 1.54) is 10.1 Å². The van der Waals surface area contributed by atoms with Gasteiger partial charge in [-0.05, 0) is 35.4 Å². The molecule has 3 heterocycles. The van der Waals surface area contributed by atoms with E-state index in [0.717, 1.165) is 60.8 Å². The van der Waals surface area contributed by atoms with Gasteiger partial charge in [0.2, 0.25) is 6.41 Å². The van der Waals surface area contributed by atoms with E-state index in [4.69, 9.17) is 10.4 Å². The molecule has 0 spiro atoms. The van der Waals surface area contributed by atoms with Gasteiger partial charge in [-0.3, -0.25) is 24.5 Å². The number of hydrogen-bond acceptors (Lipinski definition) is 7. The molecular formula is C33H29N5O3. The Bertz CT molecular complexity index is 1790. The molecule has 1 saturated heterocycles. The van der Waals surface area contributed by atoms with Gasteiger partial charge in [0.1, 0.15) is 11.2 Å². The molecule has 1 fully saturated rings. The summed E-state index contributed by atoms with van der Waals surface area (Å²) in [6, 6.07) is 27.4. The van der Waals surface area contributed by atoms with Crippen LogP contribution in [0.3, 0.4) is 0 Å². The first kappa shape index (κ1) is 26.2. The van der Waals surface area contributed by atoms with Crippen LogP contribution >= 0.6 is 0 Å². The third-order valence-electron chi connectivity index (χ3n) is 7.67. The zero-order valence-corrected chi connectivity index (χ0v) is 22.4. The Kier molecular flexibility index (Phi) is 7.14. The summed E-state index contributed by atoms with van der Waals surface area (Å²) in [5, 5.41) is 19.1. The Morgan fingerprint density at radius 2 is 1.61 bits per heavy atom. The summed E-state index contributed by atoms with van der Waals surface area (Å²) in [5.41, 5.74) is 6.92. The molecule has 204 valence electrons.